The van der Waals surface area contributed by atoms with Crippen molar-refractivity contribution in [2.24, 2.45) is 0 Å². The van der Waals surface area contributed by atoms with Crippen LogP contribution in [0.4, 0.5) is 0 Å². The molecule has 0 aromatic heterocycles. The molecule has 100 valence electrons. The summed E-state index contributed by atoms with van der Waals surface area (Å²) >= 11 is 0. The normalized spacial score (nSPS) is 13.1. The monoisotopic (exact) mass is 271 g/mol. The molecule has 0 aliphatic carbocycles. The zero-order chi connectivity index (χ0) is 13.9. The highest BCUT2D eigenvalue weighted by atomic mass is 32.2. The quantitative estimate of drug-likeness (QED) is 0.867. The number of nitrogens with zero attached hydrogens (tertiary/aromatic N) is 1. The Morgan fingerprint density at radius 2 is 1.83 bits per heavy atom. The van der Waals surface area contributed by atoms with E-state index in [1.165, 1.54) is 29.2 Å². The summed E-state index contributed by atoms with van der Waals surface area (Å²) in [5.74, 6) is -0.253. The molecule has 0 bridgehead atoms. The van der Waals surface area contributed by atoms with Crippen LogP contribution in [0.25, 0.3) is 0 Å². The van der Waals surface area contributed by atoms with E-state index in [0.717, 1.165) is 6.26 Å². The van der Waals surface area contributed by atoms with Gasteiger partial charge in [-0.3, -0.25) is 4.79 Å². The van der Waals surface area contributed by atoms with Crippen LogP contribution in [0.15, 0.2) is 29.2 Å². The van der Waals surface area contributed by atoms with E-state index in [0.29, 0.717) is 5.56 Å². The predicted octanol–water partition coefficient (Wildman–Crippen LogP) is 0.543. The van der Waals surface area contributed by atoms with Crippen molar-refractivity contribution >= 4 is 15.7 Å². The van der Waals surface area contributed by atoms with Gasteiger partial charge < -0.3 is 10.0 Å². The van der Waals surface area contributed by atoms with Gasteiger partial charge >= 0.3 is 0 Å². The third-order valence-electron chi connectivity index (χ3n) is 2.78. The molecule has 5 nitrogen and oxygen atoms in total. The van der Waals surface area contributed by atoms with Crippen LogP contribution >= 0.6 is 0 Å². The number of likely N-dealkylation sites (N-methyl/N-ethyl adjacent to an activating group) is 1. The summed E-state index contributed by atoms with van der Waals surface area (Å²) in [4.78, 5) is 13.6. The Bertz CT molecular complexity index is 522. The Morgan fingerprint density at radius 1 is 1.33 bits per heavy atom. The molecule has 1 atom stereocenters. The summed E-state index contributed by atoms with van der Waals surface area (Å²) in [6.07, 6.45) is 1.11. The van der Waals surface area contributed by atoms with Gasteiger partial charge in [0.1, 0.15) is 0 Å². The fourth-order valence-corrected chi connectivity index (χ4v) is 2.00. The Hall–Kier alpha value is -1.40. The van der Waals surface area contributed by atoms with Crippen LogP contribution in [0.1, 0.15) is 17.3 Å². The lowest BCUT2D eigenvalue weighted by Gasteiger charge is -2.23. The fraction of sp³-hybridized carbons (Fsp3) is 0.417. The van der Waals surface area contributed by atoms with Gasteiger partial charge in [-0.2, -0.15) is 0 Å². The smallest absolute Gasteiger partial charge is 0.253 e. The van der Waals surface area contributed by atoms with Crippen molar-refractivity contribution in [3.63, 3.8) is 0 Å². The topological polar surface area (TPSA) is 74.7 Å². The van der Waals surface area contributed by atoms with E-state index >= 15 is 0 Å². The Balaban J connectivity index is 2.96. The highest BCUT2D eigenvalue weighted by molar-refractivity contribution is 7.90. The molecule has 0 saturated heterocycles. The highest BCUT2D eigenvalue weighted by Gasteiger charge is 2.17. The van der Waals surface area contributed by atoms with Crippen LogP contribution in [-0.4, -0.2) is 50.3 Å². The summed E-state index contributed by atoms with van der Waals surface area (Å²) in [6, 6.07) is 5.46. The van der Waals surface area contributed by atoms with Gasteiger partial charge in [0.25, 0.3) is 5.91 Å². The molecule has 0 saturated carbocycles. The van der Waals surface area contributed by atoms with Crippen LogP contribution in [0.5, 0.6) is 0 Å². The average Bonchev–Trinajstić information content (AvgIpc) is 2.35. The van der Waals surface area contributed by atoms with E-state index in [1.54, 1.807) is 14.0 Å². The second-order valence-corrected chi connectivity index (χ2v) is 6.26. The molecule has 1 aromatic carbocycles. The van der Waals surface area contributed by atoms with Crippen LogP contribution in [0.2, 0.25) is 0 Å². The first-order valence-corrected chi connectivity index (χ1v) is 7.34. The second kappa shape index (κ2) is 5.49. The van der Waals surface area contributed by atoms with Gasteiger partial charge in [-0.05, 0) is 31.2 Å². The number of rotatable bonds is 4. The van der Waals surface area contributed by atoms with Crippen molar-refractivity contribution in [3.8, 4) is 0 Å². The molecule has 0 heterocycles. The molecule has 1 N–H and O–H groups in total. The number of amides is 1. The predicted molar refractivity (Wildman–Crippen MR) is 68.2 cm³/mol. The van der Waals surface area contributed by atoms with E-state index in [4.69, 9.17) is 5.11 Å². The first-order valence-electron chi connectivity index (χ1n) is 5.45. The lowest BCUT2D eigenvalue weighted by Crippen LogP contribution is -2.37. The molecule has 0 fully saturated rings. The Labute approximate surface area is 107 Å². The average molecular weight is 271 g/mol. The summed E-state index contributed by atoms with van der Waals surface area (Å²) in [7, 11) is -1.66. The largest absolute Gasteiger partial charge is 0.394 e. The van der Waals surface area contributed by atoms with Crippen molar-refractivity contribution in [2.75, 3.05) is 19.9 Å². The summed E-state index contributed by atoms with van der Waals surface area (Å²) in [5, 5.41) is 8.98. The zero-order valence-corrected chi connectivity index (χ0v) is 11.4. The maximum absolute atomic E-state index is 12.0. The number of aliphatic hydroxyl groups is 1. The third kappa shape index (κ3) is 3.30. The van der Waals surface area contributed by atoms with Crippen LogP contribution in [-0.2, 0) is 9.84 Å². The summed E-state index contributed by atoms with van der Waals surface area (Å²) in [5.41, 5.74) is 0.394. The first-order chi connectivity index (χ1) is 8.27. The maximum atomic E-state index is 12.0. The molecular formula is C12H17NO4S. The van der Waals surface area contributed by atoms with Crippen LogP contribution in [0, 0.1) is 0 Å². The lowest BCUT2D eigenvalue weighted by molar-refractivity contribution is 0.0682. The van der Waals surface area contributed by atoms with Gasteiger partial charge in [-0.25, -0.2) is 8.42 Å². The maximum Gasteiger partial charge on any atom is 0.253 e. The number of carbonyl (C=O) groups is 1. The van der Waals surface area contributed by atoms with Gasteiger partial charge in [0.15, 0.2) is 9.84 Å². The zero-order valence-electron chi connectivity index (χ0n) is 10.6. The Kier molecular flexibility index (Phi) is 4.48. The minimum absolute atomic E-state index is 0.121. The number of benzene rings is 1. The van der Waals surface area contributed by atoms with Crippen LogP contribution in [0.3, 0.4) is 0 Å². The highest BCUT2D eigenvalue weighted by Crippen LogP contribution is 2.12. The number of sulfone groups is 1. The standard InChI is InChI=1S/C12H17NO4S/c1-9(8-14)13(2)12(15)10-4-6-11(7-5-10)18(3,16)17/h4-7,9,14H,8H2,1-3H3. The molecule has 1 amide bonds. The molecular weight excluding hydrogens is 254 g/mol. The van der Waals surface area contributed by atoms with Crippen molar-refractivity contribution in [1.29, 1.82) is 0 Å². The third-order valence-corrected chi connectivity index (χ3v) is 3.90. The SMILES string of the molecule is CC(CO)N(C)C(=O)c1ccc(S(C)(=O)=O)cc1. The molecule has 0 aliphatic rings. The van der Waals surface area contributed by atoms with E-state index in [9.17, 15) is 13.2 Å². The molecule has 1 rings (SSSR count). The van der Waals surface area contributed by atoms with Gasteiger partial charge in [0.05, 0.1) is 17.5 Å². The van der Waals surface area contributed by atoms with E-state index < -0.39 is 9.84 Å². The molecule has 6 heteroatoms. The van der Waals surface area contributed by atoms with Crippen molar-refractivity contribution < 1.29 is 18.3 Å². The number of hydrogen-bond donors (Lipinski definition) is 1. The Morgan fingerprint density at radius 3 is 2.22 bits per heavy atom. The van der Waals surface area contributed by atoms with E-state index in [-0.39, 0.29) is 23.5 Å². The lowest BCUT2D eigenvalue weighted by atomic mass is 10.2. The van der Waals surface area contributed by atoms with E-state index in [2.05, 4.69) is 0 Å². The first kappa shape index (κ1) is 14.7. The fourth-order valence-electron chi connectivity index (χ4n) is 1.37. The molecule has 0 radical (unpaired) electrons. The number of carbonyl (C=O) groups excluding carboxylic acids is 1. The second-order valence-electron chi connectivity index (χ2n) is 4.24. The van der Waals surface area contributed by atoms with Crippen LogP contribution < -0.4 is 0 Å². The minimum Gasteiger partial charge on any atom is -0.394 e. The molecule has 1 unspecified atom stereocenters. The van der Waals surface area contributed by atoms with Gasteiger partial charge in [0.2, 0.25) is 0 Å². The van der Waals surface area contributed by atoms with Gasteiger partial charge in [-0.1, -0.05) is 0 Å². The van der Waals surface area contributed by atoms with Gasteiger partial charge in [0, 0.05) is 18.9 Å². The number of hydrogen-bond acceptors (Lipinski definition) is 4. The molecule has 0 spiro atoms. The summed E-state index contributed by atoms with van der Waals surface area (Å²) < 4.78 is 22.5. The minimum atomic E-state index is -3.25. The summed E-state index contributed by atoms with van der Waals surface area (Å²) in [6.45, 7) is 1.60. The van der Waals surface area contributed by atoms with Crippen molar-refractivity contribution in [1.82, 2.24) is 4.90 Å². The molecule has 18 heavy (non-hydrogen) atoms. The van der Waals surface area contributed by atoms with Crippen molar-refractivity contribution in [3.05, 3.63) is 29.8 Å². The molecule has 0 aliphatic heterocycles. The molecule has 1 aromatic rings. The number of aliphatic hydroxyl groups excluding tert-OH is 1. The van der Waals surface area contributed by atoms with Gasteiger partial charge in [-0.15, -0.1) is 0 Å². The van der Waals surface area contributed by atoms with E-state index in [1.807, 2.05) is 0 Å². The van der Waals surface area contributed by atoms with Crippen molar-refractivity contribution in [2.45, 2.75) is 17.9 Å².